The molecular formula is C9H16N2O3. The summed E-state index contributed by atoms with van der Waals surface area (Å²) < 4.78 is 9.96. The van der Waals surface area contributed by atoms with Crippen molar-refractivity contribution in [3.63, 3.8) is 0 Å². The number of rotatable bonds is 3. The molecule has 1 rings (SSSR count). The zero-order valence-corrected chi connectivity index (χ0v) is 8.74. The van der Waals surface area contributed by atoms with Crippen LogP contribution in [-0.2, 0) is 14.3 Å². The van der Waals surface area contributed by atoms with Crippen molar-refractivity contribution in [3.05, 3.63) is 11.3 Å². The van der Waals surface area contributed by atoms with Gasteiger partial charge in [-0.05, 0) is 6.42 Å². The van der Waals surface area contributed by atoms with E-state index in [0.29, 0.717) is 24.2 Å². The third kappa shape index (κ3) is 1.88. The monoisotopic (exact) mass is 200 g/mol. The average molecular weight is 200 g/mol. The fraction of sp³-hybridized carbons (Fsp3) is 0.667. The Morgan fingerprint density at radius 3 is 2.43 bits per heavy atom. The Bertz CT molecular complexity index is 259. The van der Waals surface area contributed by atoms with Gasteiger partial charge in [-0.25, -0.2) is 0 Å². The molecule has 0 aromatic rings. The molecule has 2 N–H and O–H groups in total. The standard InChI is InChI=1S/C9H16N2O3/c1-11-5-4-6(8(11)12)7(10)9(13-2)14-3/h9H,4-5,10H2,1-3H3/b7-6+. The fourth-order valence-corrected chi connectivity index (χ4v) is 1.48. The largest absolute Gasteiger partial charge is 0.398 e. The quantitative estimate of drug-likeness (QED) is 0.501. The highest BCUT2D eigenvalue weighted by Crippen LogP contribution is 2.19. The Morgan fingerprint density at radius 1 is 1.50 bits per heavy atom. The van der Waals surface area contributed by atoms with E-state index >= 15 is 0 Å². The predicted octanol–water partition coefficient (Wildman–Crippen LogP) is -0.320. The highest BCUT2D eigenvalue weighted by molar-refractivity contribution is 5.96. The molecule has 80 valence electrons. The predicted molar refractivity (Wildman–Crippen MR) is 51.3 cm³/mol. The SMILES string of the molecule is COC(OC)/C(N)=C1/CCN(C)C1=O. The molecule has 0 saturated carbocycles. The minimum absolute atomic E-state index is 0.0402. The maximum absolute atomic E-state index is 11.6. The second-order valence-corrected chi connectivity index (χ2v) is 3.21. The van der Waals surface area contributed by atoms with E-state index in [1.54, 1.807) is 11.9 Å². The van der Waals surface area contributed by atoms with Gasteiger partial charge >= 0.3 is 0 Å². The highest BCUT2D eigenvalue weighted by Gasteiger charge is 2.27. The lowest BCUT2D eigenvalue weighted by atomic mass is 10.1. The third-order valence-corrected chi connectivity index (χ3v) is 2.33. The van der Waals surface area contributed by atoms with Gasteiger partial charge in [-0.3, -0.25) is 4.79 Å². The number of methoxy groups -OCH3 is 2. The number of amides is 1. The molecule has 0 aromatic carbocycles. The third-order valence-electron chi connectivity index (χ3n) is 2.33. The van der Waals surface area contributed by atoms with Crippen molar-refractivity contribution in [2.45, 2.75) is 12.7 Å². The van der Waals surface area contributed by atoms with Gasteiger partial charge in [0.1, 0.15) is 0 Å². The van der Waals surface area contributed by atoms with Gasteiger partial charge in [-0.15, -0.1) is 0 Å². The summed E-state index contributed by atoms with van der Waals surface area (Å²) in [6.45, 7) is 0.703. The van der Waals surface area contributed by atoms with E-state index < -0.39 is 6.29 Å². The molecule has 0 aliphatic carbocycles. The van der Waals surface area contributed by atoms with E-state index in [4.69, 9.17) is 15.2 Å². The summed E-state index contributed by atoms with van der Waals surface area (Å²) in [7, 11) is 4.73. The van der Waals surface area contributed by atoms with Crippen LogP contribution in [-0.4, -0.2) is 44.9 Å². The normalized spacial score (nSPS) is 20.9. The van der Waals surface area contributed by atoms with Gasteiger partial charge in [0.05, 0.1) is 5.70 Å². The molecule has 0 atom stereocenters. The molecule has 0 bridgehead atoms. The van der Waals surface area contributed by atoms with Gasteiger partial charge in [0.25, 0.3) is 5.91 Å². The molecule has 0 aromatic heterocycles. The number of nitrogens with two attached hydrogens (primary N) is 1. The van der Waals surface area contributed by atoms with Gasteiger partial charge in [0.2, 0.25) is 0 Å². The van der Waals surface area contributed by atoms with Gasteiger partial charge in [0, 0.05) is 33.4 Å². The molecule has 1 aliphatic rings. The van der Waals surface area contributed by atoms with Crippen LogP contribution in [0.3, 0.4) is 0 Å². The summed E-state index contributed by atoms with van der Waals surface area (Å²) in [5.74, 6) is -0.0402. The van der Waals surface area contributed by atoms with Gasteiger partial charge < -0.3 is 20.1 Å². The minimum Gasteiger partial charge on any atom is -0.398 e. The van der Waals surface area contributed by atoms with Crippen molar-refractivity contribution in [1.82, 2.24) is 4.90 Å². The van der Waals surface area contributed by atoms with E-state index in [9.17, 15) is 4.79 Å². The summed E-state index contributed by atoms with van der Waals surface area (Å²) in [6, 6.07) is 0. The molecular weight excluding hydrogens is 184 g/mol. The van der Waals surface area contributed by atoms with Gasteiger partial charge in [0.15, 0.2) is 6.29 Å². The Labute approximate surface area is 83.5 Å². The number of carbonyl (C=O) groups is 1. The van der Waals surface area contributed by atoms with Crippen molar-refractivity contribution in [2.75, 3.05) is 27.8 Å². The molecule has 14 heavy (non-hydrogen) atoms. The summed E-state index contributed by atoms with van der Waals surface area (Å²) in [4.78, 5) is 13.2. The number of ether oxygens (including phenoxy) is 2. The zero-order chi connectivity index (χ0) is 10.7. The molecule has 0 spiro atoms. The number of hydrogen-bond donors (Lipinski definition) is 1. The second kappa shape index (κ2) is 4.43. The zero-order valence-electron chi connectivity index (χ0n) is 8.74. The van der Waals surface area contributed by atoms with Crippen LogP contribution in [0.15, 0.2) is 11.3 Å². The molecule has 1 heterocycles. The van der Waals surface area contributed by atoms with Crippen molar-refractivity contribution < 1.29 is 14.3 Å². The lowest BCUT2D eigenvalue weighted by Crippen LogP contribution is -2.27. The highest BCUT2D eigenvalue weighted by atomic mass is 16.7. The maximum Gasteiger partial charge on any atom is 0.251 e. The van der Waals surface area contributed by atoms with Crippen LogP contribution in [0.4, 0.5) is 0 Å². The summed E-state index contributed by atoms with van der Waals surface area (Å²) in [6.07, 6.45) is 0.0325. The first-order valence-corrected chi connectivity index (χ1v) is 4.41. The number of likely N-dealkylation sites (tertiary alicyclic amines) is 1. The lowest BCUT2D eigenvalue weighted by molar-refractivity contribution is -0.124. The van der Waals surface area contributed by atoms with Crippen molar-refractivity contribution >= 4 is 5.91 Å². The number of likely N-dealkylation sites (N-methyl/N-ethyl adjacent to an activating group) is 1. The summed E-state index contributed by atoms with van der Waals surface area (Å²) in [5, 5.41) is 0. The van der Waals surface area contributed by atoms with Crippen LogP contribution < -0.4 is 5.73 Å². The van der Waals surface area contributed by atoms with Gasteiger partial charge in [-0.2, -0.15) is 0 Å². The Morgan fingerprint density at radius 2 is 2.07 bits per heavy atom. The molecule has 1 amide bonds. The molecule has 1 saturated heterocycles. The first-order valence-electron chi connectivity index (χ1n) is 4.41. The fourth-order valence-electron chi connectivity index (χ4n) is 1.48. The van der Waals surface area contributed by atoms with E-state index in [-0.39, 0.29) is 5.91 Å². The van der Waals surface area contributed by atoms with E-state index in [1.807, 2.05) is 0 Å². The Balaban J connectivity index is 2.88. The van der Waals surface area contributed by atoms with E-state index in [0.717, 1.165) is 0 Å². The summed E-state index contributed by atoms with van der Waals surface area (Å²) >= 11 is 0. The first kappa shape index (κ1) is 11.0. The molecule has 0 radical (unpaired) electrons. The summed E-state index contributed by atoms with van der Waals surface area (Å²) in [5.41, 5.74) is 6.76. The number of carbonyl (C=O) groups excluding carboxylic acids is 1. The van der Waals surface area contributed by atoms with Crippen LogP contribution in [0.2, 0.25) is 0 Å². The second-order valence-electron chi connectivity index (χ2n) is 3.21. The smallest absolute Gasteiger partial charge is 0.251 e. The van der Waals surface area contributed by atoms with Crippen LogP contribution in [0.1, 0.15) is 6.42 Å². The van der Waals surface area contributed by atoms with E-state index in [2.05, 4.69) is 0 Å². The van der Waals surface area contributed by atoms with E-state index in [1.165, 1.54) is 14.2 Å². The van der Waals surface area contributed by atoms with Crippen molar-refractivity contribution in [2.24, 2.45) is 5.73 Å². The Kier molecular flexibility index (Phi) is 3.49. The topological polar surface area (TPSA) is 64.8 Å². The number of hydrogen-bond acceptors (Lipinski definition) is 4. The number of nitrogens with zero attached hydrogens (tertiary/aromatic N) is 1. The lowest BCUT2D eigenvalue weighted by Gasteiger charge is -2.15. The molecule has 5 heteroatoms. The van der Waals surface area contributed by atoms with Crippen LogP contribution in [0.25, 0.3) is 0 Å². The van der Waals surface area contributed by atoms with Crippen LogP contribution >= 0.6 is 0 Å². The molecule has 1 fully saturated rings. The maximum atomic E-state index is 11.6. The van der Waals surface area contributed by atoms with Gasteiger partial charge in [-0.1, -0.05) is 0 Å². The molecule has 5 nitrogen and oxygen atoms in total. The average Bonchev–Trinajstić information content (AvgIpc) is 2.49. The minimum atomic E-state index is -0.625. The van der Waals surface area contributed by atoms with Crippen molar-refractivity contribution in [3.8, 4) is 0 Å². The molecule has 1 aliphatic heterocycles. The first-order chi connectivity index (χ1) is 6.61. The van der Waals surface area contributed by atoms with Crippen LogP contribution in [0.5, 0.6) is 0 Å². The Hall–Kier alpha value is -1.07. The van der Waals surface area contributed by atoms with Crippen molar-refractivity contribution in [1.29, 1.82) is 0 Å². The molecule has 0 unspecified atom stereocenters. The van der Waals surface area contributed by atoms with Crippen LogP contribution in [0, 0.1) is 0 Å².